The quantitative estimate of drug-likeness (QED) is 0.232. The molecule has 1 aliphatic heterocycles. The van der Waals surface area contributed by atoms with Gasteiger partial charge in [-0.2, -0.15) is 26.9 Å². The van der Waals surface area contributed by atoms with E-state index in [2.05, 4.69) is 28.8 Å². The Hall–Kier alpha value is -2.34. The number of morpholine rings is 1. The van der Waals surface area contributed by atoms with Crippen molar-refractivity contribution in [2.75, 3.05) is 37.8 Å². The maximum atomic E-state index is 13.0. The average Bonchev–Trinajstić information content (AvgIpc) is 3.09. The van der Waals surface area contributed by atoms with Crippen molar-refractivity contribution in [1.82, 2.24) is 9.55 Å². The van der Waals surface area contributed by atoms with Crippen LogP contribution in [0.2, 0.25) is 25.7 Å². The molecule has 0 atom stereocenters. The second-order valence-corrected chi connectivity index (χ2v) is 15.9. The standard InChI is InChI=1S/C19H25F3N4O5SSi/c1-33(2,3)9-8-30-13-26-16(25-4-6-29-7-5-25)10-15-17(14(11-23)12-24-18(15)26)31-32(27,28)19(20,21)22/h10,12H,4-9,13H2,1-3H3. The third-order valence-corrected chi connectivity index (χ3v) is 7.66. The molecule has 0 N–H and O–H groups in total. The van der Waals surface area contributed by atoms with Crippen molar-refractivity contribution >= 4 is 35.0 Å². The Balaban J connectivity index is 2.08. The molecule has 1 saturated heterocycles. The topological polar surface area (TPSA) is 107 Å². The molecule has 0 aromatic carbocycles. The van der Waals surface area contributed by atoms with E-state index in [0.717, 1.165) is 12.2 Å². The van der Waals surface area contributed by atoms with Crippen LogP contribution in [0.15, 0.2) is 12.3 Å². The summed E-state index contributed by atoms with van der Waals surface area (Å²) in [4.78, 5) is 6.13. The number of nitrogens with zero attached hydrogens (tertiary/aromatic N) is 4. The first kappa shape index (κ1) is 25.3. The van der Waals surface area contributed by atoms with E-state index in [1.165, 1.54) is 6.07 Å². The number of anilines is 1. The molecule has 0 bridgehead atoms. The van der Waals surface area contributed by atoms with Crippen LogP contribution in [-0.4, -0.2) is 64.5 Å². The summed E-state index contributed by atoms with van der Waals surface area (Å²) in [5.41, 5.74) is -5.93. The van der Waals surface area contributed by atoms with Gasteiger partial charge >= 0.3 is 15.6 Å². The molecule has 2 aromatic heterocycles. The molecule has 0 radical (unpaired) electrons. The van der Waals surface area contributed by atoms with Gasteiger partial charge in [0.1, 0.15) is 29.8 Å². The molecule has 14 heteroatoms. The number of pyridine rings is 1. The van der Waals surface area contributed by atoms with Gasteiger partial charge in [0.25, 0.3) is 0 Å². The van der Waals surface area contributed by atoms with Gasteiger partial charge in [0.05, 0.1) is 24.8 Å². The lowest BCUT2D eigenvalue weighted by Crippen LogP contribution is -2.37. The van der Waals surface area contributed by atoms with Gasteiger partial charge in [0.15, 0.2) is 5.75 Å². The first-order valence-electron chi connectivity index (χ1n) is 10.2. The van der Waals surface area contributed by atoms with Crippen LogP contribution < -0.4 is 9.08 Å². The highest BCUT2D eigenvalue weighted by molar-refractivity contribution is 7.88. The van der Waals surface area contributed by atoms with E-state index < -0.39 is 35.0 Å². The highest BCUT2D eigenvalue weighted by Crippen LogP contribution is 2.37. The van der Waals surface area contributed by atoms with Gasteiger partial charge in [0, 0.05) is 27.8 Å². The molecule has 3 rings (SSSR count). The predicted octanol–water partition coefficient (Wildman–Crippen LogP) is 3.29. The molecule has 0 saturated carbocycles. The van der Waals surface area contributed by atoms with Crippen LogP contribution in [0.3, 0.4) is 0 Å². The second kappa shape index (κ2) is 9.49. The summed E-state index contributed by atoms with van der Waals surface area (Å²) in [5.74, 6) is -0.159. The van der Waals surface area contributed by atoms with Gasteiger partial charge in [-0.15, -0.1) is 0 Å². The van der Waals surface area contributed by atoms with Crippen LogP contribution in [-0.2, 0) is 26.3 Å². The van der Waals surface area contributed by atoms with Crippen molar-refractivity contribution in [1.29, 1.82) is 5.26 Å². The molecule has 1 aliphatic rings. The van der Waals surface area contributed by atoms with E-state index in [-0.39, 0.29) is 17.8 Å². The number of ether oxygens (including phenoxy) is 2. The van der Waals surface area contributed by atoms with Crippen molar-refractivity contribution < 1.29 is 35.2 Å². The Morgan fingerprint density at radius 1 is 1.27 bits per heavy atom. The average molecular weight is 507 g/mol. The number of nitriles is 1. The molecule has 0 spiro atoms. The van der Waals surface area contributed by atoms with Crippen molar-refractivity contribution in [3.05, 3.63) is 17.8 Å². The lowest BCUT2D eigenvalue weighted by atomic mass is 10.2. The lowest BCUT2D eigenvalue weighted by molar-refractivity contribution is -0.0499. The maximum absolute atomic E-state index is 13.0. The Morgan fingerprint density at radius 3 is 2.52 bits per heavy atom. The van der Waals surface area contributed by atoms with E-state index in [9.17, 15) is 26.9 Å². The van der Waals surface area contributed by atoms with E-state index in [1.54, 1.807) is 10.6 Å². The number of aromatic nitrogens is 2. The molecule has 0 aliphatic carbocycles. The first-order valence-corrected chi connectivity index (χ1v) is 15.3. The largest absolute Gasteiger partial charge is 0.534 e. The number of rotatable bonds is 8. The summed E-state index contributed by atoms with van der Waals surface area (Å²) in [6.07, 6.45) is 0.991. The predicted molar refractivity (Wildman–Crippen MR) is 117 cm³/mol. The molecular formula is C19H25F3N4O5SSi. The fraction of sp³-hybridized carbons (Fsp3) is 0.579. The molecule has 182 valence electrons. The number of hydrogen-bond acceptors (Lipinski definition) is 8. The number of fused-ring (bicyclic) bond motifs is 1. The number of alkyl halides is 3. The summed E-state index contributed by atoms with van der Waals surface area (Å²) in [6, 6.07) is 4.03. The Morgan fingerprint density at radius 2 is 1.94 bits per heavy atom. The first-order chi connectivity index (χ1) is 15.3. The van der Waals surface area contributed by atoms with Gasteiger partial charge in [-0.05, 0) is 12.1 Å². The van der Waals surface area contributed by atoms with Crippen molar-refractivity contribution in [2.24, 2.45) is 0 Å². The highest BCUT2D eigenvalue weighted by atomic mass is 32.2. The van der Waals surface area contributed by atoms with Crippen molar-refractivity contribution in [3.8, 4) is 11.8 Å². The van der Waals surface area contributed by atoms with Crippen LogP contribution in [0.4, 0.5) is 19.0 Å². The lowest BCUT2D eigenvalue weighted by Gasteiger charge is -2.29. The van der Waals surface area contributed by atoms with Gasteiger partial charge in [0.2, 0.25) is 0 Å². The van der Waals surface area contributed by atoms with E-state index in [0.29, 0.717) is 38.7 Å². The van der Waals surface area contributed by atoms with Crippen LogP contribution in [0.5, 0.6) is 5.75 Å². The zero-order valence-corrected chi connectivity index (χ0v) is 20.3. The zero-order chi connectivity index (χ0) is 24.4. The van der Waals surface area contributed by atoms with Crippen LogP contribution >= 0.6 is 0 Å². The third kappa shape index (κ3) is 5.78. The maximum Gasteiger partial charge on any atom is 0.534 e. The Bertz CT molecular complexity index is 1150. The molecule has 2 aromatic rings. The Labute approximate surface area is 190 Å². The van der Waals surface area contributed by atoms with Crippen molar-refractivity contribution in [2.45, 2.75) is 37.9 Å². The minimum Gasteiger partial charge on any atom is -0.378 e. The Kier molecular flexibility index (Phi) is 7.27. The smallest absolute Gasteiger partial charge is 0.378 e. The monoisotopic (exact) mass is 506 g/mol. The fourth-order valence-electron chi connectivity index (χ4n) is 3.20. The highest BCUT2D eigenvalue weighted by Gasteiger charge is 2.49. The van der Waals surface area contributed by atoms with E-state index in [1.807, 2.05) is 4.90 Å². The van der Waals surface area contributed by atoms with E-state index in [4.69, 9.17) is 9.47 Å². The molecule has 0 amide bonds. The molecule has 0 unspecified atom stereocenters. The normalized spacial score (nSPS) is 15.6. The minimum atomic E-state index is -5.99. The zero-order valence-electron chi connectivity index (χ0n) is 18.5. The number of hydrogen-bond donors (Lipinski definition) is 0. The SMILES string of the molecule is C[Si](C)(C)CCOCn1c(N2CCOCC2)cc2c(OS(=O)(=O)C(F)(F)F)c(C#N)cnc21. The fourth-order valence-corrected chi connectivity index (χ4v) is 4.45. The van der Waals surface area contributed by atoms with Crippen molar-refractivity contribution in [3.63, 3.8) is 0 Å². The molecule has 3 heterocycles. The molecule has 33 heavy (non-hydrogen) atoms. The van der Waals surface area contributed by atoms with Crippen LogP contribution in [0.25, 0.3) is 11.0 Å². The van der Waals surface area contributed by atoms with Gasteiger partial charge in [-0.1, -0.05) is 19.6 Å². The van der Waals surface area contributed by atoms with Gasteiger partial charge in [-0.25, -0.2) is 4.98 Å². The molecular weight excluding hydrogens is 481 g/mol. The third-order valence-electron chi connectivity index (χ3n) is 5.00. The van der Waals surface area contributed by atoms with Crippen LogP contribution in [0, 0.1) is 11.3 Å². The summed E-state index contributed by atoms with van der Waals surface area (Å²) >= 11 is 0. The molecule has 1 fully saturated rings. The van der Waals surface area contributed by atoms with E-state index >= 15 is 0 Å². The van der Waals surface area contributed by atoms with Crippen LogP contribution in [0.1, 0.15) is 5.56 Å². The summed E-state index contributed by atoms with van der Waals surface area (Å²) < 4.78 is 79.6. The molecule has 9 nitrogen and oxygen atoms in total. The second-order valence-electron chi connectivity index (χ2n) is 8.71. The summed E-state index contributed by atoms with van der Waals surface area (Å²) in [5, 5.41) is 9.32. The van der Waals surface area contributed by atoms with Gasteiger partial charge in [-0.3, -0.25) is 4.57 Å². The minimum absolute atomic E-state index is 0.0304. The summed E-state index contributed by atoms with van der Waals surface area (Å²) in [6.45, 7) is 9.05. The summed E-state index contributed by atoms with van der Waals surface area (Å²) in [7, 11) is -7.34. The van der Waals surface area contributed by atoms with Gasteiger partial charge < -0.3 is 18.6 Å². The number of halogens is 3.